The summed E-state index contributed by atoms with van der Waals surface area (Å²) in [6, 6.07) is 7.91. The minimum absolute atomic E-state index is 0.0942. The van der Waals surface area contributed by atoms with Crippen LogP contribution in [0.3, 0.4) is 0 Å². The Morgan fingerprint density at radius 2 is 2.03 bits per heavy atom. The molecule has 1 unspecified atom stereocenters. The lowest BCUT2D eigenvalue weighted by molar-refractivity contribution is 0.0673. The average Bonchev–Trinajstić information content (AvgIpc) is 3.40. The van der Waals surface area contributed by atoms with Crippen molar-refractivity contribution >= 4 is 23.6 Å². The summed E-state index contributed by atoms with van der Waals surface area (Å²) in [6.45, 7) is 2.65. The number of fused-ring (bicyclic) bond motifs is 1. The highest BCUT2D eigenvalue weighted by Crippen LogP contribution is 2.38. The summed E-state index contributed by atoms with van der Waals surface area (Å²) in [5, 5.41) is 7.30. The third-order valence-electron chi connectivity index (χ3n) is 6.41. The van der Waals surface area contributed by atoms with Crippen LogP contribution in [0.15, 0.2) is 36.4 Å². The molecule has 3 heterocycles. The fourth-order valence-electron chi connectivity index (χ4n) is 4.72. The first-order valence-electron chi connectivity index (χ1n) is 11.4. The molecule has 2 aliphatic rings. The Labute approximate surface area is 210 Å². The second kappa shape index (κ2) is 9.42. The van der Waals surface area contributed by atoms with Gasteiger partial charge in [-0.3, -0.25) is 9.48 Å². The lowest BCUT2D eigenvalue weighted by Crippen LogP contribution is -2.39. The van der Waals surface area contributed by atoms with Crippen molar-refractivity contribution in [1.29, 1.82) is 0 Å². The van der Waals surface area contributed by atoms with Crippen molar-refractivity contribution in [3.63, 3.8) is 0 Å². The lowest BCUT2D eigenvalue weighted by atomic mass is 9.95. The van der Waals surface area contributed by atoms with Gasteiger partial charge in [0.2, 0.25) is 0 Å². The van der Waals surface area contributed by atoms with Crippen LogP contribution in [-0.2, 0) is 18.2 Å². The minimum atomic E-state index is -0.667. The van der Waals surface area contributed by atoms with Gasteiger partial charge in [0.1, 0.15) is 24.0 Å². The monoisotopic (exact) mass is 516 g/mol. The molecule has 1 aromatic heterocycles. The van der Waals surface area contributed by atoms with Crippen LogP contribution in [0.1, 0.15) is 34.6 Å². The number of benzene rings is 2. The number of alkyl carbamates (subject to hydrolysis) is 1. The molecule has 11 heteroatoms. The molecule has 0 saturated carbocycles. The summed E-state index contributed by atoms with van der Waals surface area (Å²) in [7, 11) is 1.71. The average molecular weight is 517 g/mol. The highest BCUT2D eigenvalue weighted by Gasteiger charge is 2.34. The van der Waals surface area contributed by atoms with Gasteiger partial charge >= 0.3 is 6.09 Å². The molecule has 5 rings (SSSR count). The zero-order chi connectivity index (χ0) is 25.6. The van der Waals surface area contributed by atoms with Crippen LogP contribution >= 0.6 is 11.6 Å². The summed E-state index contributed by atoms with van der Waals surface area (Å²) < 4.78 is 40.1. The number of aromatic nitrogens is 2. The van der Waals surface area contributed by atoms with Gasteiger partial charge in [-0.15, -0.1) is 0 Å². The maximum Gasteiger partial charge on any atom is 0.407 e. The van der Waals surface area contributed by atoms with Crippen molar-refractivity contribution in [1.82, 2.24) is 20.0 Å². The smallest absolute Gasteiger partial charge is 0.407 e. The van der Waals surface area contributed by atoms with E-state index in [4.69, 9.17) is 21.1 Å². The number of ether oxygens (including phenoxy) is 2. The first-order chi connectivity index (χ1) is 17.2. The van der Waals surface area contributed by atoms with Crippen LogP contribution in [0.2, 0.25) is 5.02 Å². The van der Waals surface area contributed by atoms with Gasteiger partial charge in [-0.05, 0) is 37.6 Å². The van der Waals surface area contributed by atoms with E-state index < -0.39 is 29.9 Å². The topological polar surface area (TPSA) is 85.7 Å². The highest BCUT2D eigenvalue weighted by atomic mass is 35.5. The number of halogens is 3. The number of carbonyl (C=O) groups is 2. The van der Waals surface area contributed by atoms with E-state index in [-0.39, 0.29) is 23.1 Å². The van der Waals surface area contributed by atoms with E-state index in [0.717, 1.165) is 11.6 Å². The molecule has 1 fully saturated rings. The van der Waals surface area contributed by atoms with Crippen molar-refractivity contribution in [2.75, 3.05) is 19.7 Å². The Morgan fingerprint density at radius 3 is 2.72 bits per heavy atom. The van der Waals surface area contributed by atoms with Crippen LogP contribution < -0.4 is 10.1 Å². The molecule has 0 radical (unpaired) electrons. The van der Waals surface area contributed by atoms with Crippen molar-refractivity contribution in [3.05, 3.63) is 69.9 Å². The number of hydrogen-bond acceptors (Lipinski definition) is 5. The van der Waals surface area contributed by atoms with E-state index in [1.165, 1.54) is 12.1 Å². The van der Waals surface area contributed by atoms with Crippen molar-refractivity contribution in [2.45, 2.75) is 25.5 Å². The Bertz CT molecular complexity index is 1340. The molecule has 8 nitrogen and oxygen atoms in total. The predicted molar refractivity (Wildman–Crippen MR) is 127 cm³/mol. The Morgan fingerprint density at radius 1 is 1.28 bits per heavy atom. The molecule has 0 aliphatic carbocycles. The summed E-state index contributed by atoms with van der Waals surface area (Å²) in [5.74, 6) is -1.31. The van der Waals surface area contributed by atoms with E-state index in [0.29, 0.717) is 42.2 Å². The van der Waals surface area contributed by atoms with Crippen LogP contribution in [0, 0.1) is 11.6 Å². The van der Waals surface area contributed by atoms with Crippen LogP contribution in [0.5, 0.6) is 5.75 Å². The zero-order valence-electron chi connectivity index (χ0n) is 19.6. The molecule has 0 bridgehead atoms. The third-order valence-corrected chi connectivity index (χ3v) is 6.80. The van der Waals surface area contributed by atoms with Crippen molar-refractivity contribution in [2.24, 2.45) is 7.05 Å². The highest BCUT2D eigenvalue weighted by molar-refractivity contribution is 6.35. The number of nitrogens with one attached hydrogen (secondary N) is 1. The maximum absolute atomic E-state index is 13.9. The molecule has 1 N–H and O–H groups in total. The van der Waals surface area contributed by atoms with Gasteiger partial charge in [-0.2, -0.15) is 5.10 Å². The van der Waals surface area contributed by atoms with E-state index in [9.17, 15) is 18.4 Å². The fraction of sp³-hybridized carbons (Fsp3) is 0.320. The fourth-order valence-corrected chi connectivity index (χ4v) is 4.98. The molecule has 1 saturated heterocycles. The summed E-state index contributed by atoms with van der Waals surface area (Å²) in [6.07, 6.45) is -0.490. The summed E-state index contributed by atoms with van der Waals surface area (Å²) >= 11 is 6.54. The van der Waals surface area contributed by atoms with E-state index in [2.05, 4.69) is 10.4 Å². The quantitative estimate of drug-likeness (QED) is 0.547. The molecular weight excluding hydrogens is 494 g/mol. The van der Waals surface area contributed by atoms with Gasteiger partial charge in [-0.1, -0.05) is 17.7 Å². The molecule has 0 spiro atoms. The molecular formula is C25H23ClF2N4O4. The third kappa shape index (κ3) is 4.37. The summed E-state index contributed by atoms with van der Waals surface area (Å²) in [4.78, 5) is 26.4. The van der Waals surface area contributed by atoms with Crippen LogP contribution in [0.25, 0.3) is 11.3 Å². The number of carbonyl (C=O) groups excluding carboxylic acids is 2. The molecule has 2 atom stereocenters. The molecule has 188 valence electrons. The predicted octanol–water partition coefficient (Wildman–Crippen LogP) is 4.27. The van der Waals surface area contributed by atoms with Crippen LogP contribution in [-0.4, -0.2) is 52.5 Å². The maximum atomic E-state index is 13.9. The number of amides is 2. The first kappa shape index (κ1) is 24.1. The van der Waals surface area contributed by atoms with Gasteiger partial charge in [-0.25, -0.2) is 13.6 Å². The van der Waals surface area contributed by atoms with Gasteiger partial charge < -0.3 is 19.7 Å². The van der Waals surface area contributed by atoms with Gasteiger partial charge in [0, 0.05) is 30.8 Å². The van der Waals surface area contributed by atoms with Gasteiger partial charge in [0.15, 0.2) is 6.10 Å². The number of cyclic esters (lactones) is 1. The van der Waals surface area contributed by atoms with Crippen LogP contribution in [0.4, 0.5) is 13.6 Å². The summed E-state index contributed by atoms with van der Waals surface area (Å²) in [5.41, 5.74) is 2.80. The van der Waals surface area contributed by atoms with E-state index >= 15 is 0 Å². The van der Waals surface area contributed by atoms with E-state index in [1.807, 2.05) is 6.92 Å². The van der Waals surface area contributed by atoms with Gasteiger partial charge in [0.05, 0.1) is 34.6 Å². The Balaban J connectivity index is 1.38. The molecule has 2 amide bonds. The largest absolute Gasteiger partial charge is 0.488 e. The Hall–Kier alpha value is -3.66. The lowest BCUT2D eigenvalue weighted by Gasteiger charge is -2.33. The first-order valence-corrected chi connectivity index (χ1v) is 11.8. The second-order valence-electron chi connectivity index (χ2n) is 8.76. The van der Waals surface area contributed by atoms with Crippen molar-refractivity contribution < 1.29 is 27.8 Å². The minimum Gasteiger partial charge on any atom is -0.488 e. The SMILES string of the molecule is C[C@H]1c2nn(C)c(-c3cc(F)cc(F)c3)c2CCN1C(=O)c1cccc(OCC2CNC(=O)O2)c1Cl. The second-order valence-corrected chi connectivity index (χ2v) is 9.13. The molecule has 3 aromatic rings. The zero-order valence-corrected chi connectivity index (χ0v) is 20.3. The number of rotatable bonds is 5. The van der Waals surface area contributed by atoms with Crippen molar-refractivity contribution in [3.8, 4) is 17.0 Å². The Kier molecular flexibility index (Phi) is 6.29. The molecule has 36 heavy (non-hydrogen) atoms. The number of nitrogens with zero attached hydrogens (tertiary/aromatic N) is 3. The molecule has 2 aliphatic heterocycles. The molecule has 2 aromatic carbocycles. The normalized spacial score (nSPS) is 19.0. The standard InChI is InChI=1S/C25H23ClF2N4O4/c1-13-22-19(23(31(2)30-22)14-8-15(27)10-16(28)9-14)6-7-32(13)24(33)18-4-3-5-20(21(18)26)35-12-17-11-29-25(34)36-17/h3-5,8-10,13,17H,6-7,11-12H2,1-2H3,(H,29,34)/t13-,17?/m0/s1. The van der Waals surface area contributed by atoms with E-state index in [1.54, 1.807) is 34.8 Å². The number of aryl methyl sites for hydroxylation is 1. The number of hydrogen-bond donors (Lipinski definition) is 1. The van der Waals surface area contributed by atoms with Gasteiger partial charge in [0.25, 0.3) is 5.91 Å².